The number of phosphoric acid groups is 1. The van der Waals surface area contributed by atoms with Crippen LogP contribution in [0.2, 0.25) is 0 Å². The predicted octanol–water partition coefficient (Wildman–Crippen LogP) is 2.55. The van der Waals surface area contributed by atoms with Crippen molar-refractivity contribution in [1.29, 1.82) is 0 Å². The van der Waals surface area contributed by atoms with Crippen molar-refractivity contribution in [2.24, 2.45) is 0 Å². The quantitative estimate of drug-likeness (QED) is 0.0342. The van der Waals surface area contributed by atoms with Gasteiger partial charge in [-0.05, 0) is 49.4 Å². The Labute approximate surface area is 338 Å². The van der Waals surface area contributed by atoms with Crippen molar-refractivity contribution < 1.29 is 60.4 Å². The van der Waals surface area contributed by atoms with Crippen molar-refractivity contribution in [3.05, 3.63) is 52.5 Å². The molecule has 16 nitrogen and oxygen atoms in total. The van der Waals surface area contributed by atoms with E-state index in [4.69, 9.17) is 0 Å². The Hall–Kier alpha value is -4.29. The average molecular weight is 837 g/mol. The summed E-state index contributed by atoms with van der Waals surface area (Å²) in [5, 5.41) is 7.61. The van der Waals surface area contributed by atoms with Gasteiger partial charge in [0.05, 0.1) is 34.3 Å². The number of rotatable bonds is 24. The van der Waals surface area contributed by atoms with Crippen LogP contribution in [0.4, 0.5) is 8.63 Å². The van der Waals surface area contributed by atoms with E-state index in [-0.39, 0.29) is 50.5 Å². The van der Waals surface area contributed by atoms with E-state index in [1.165, 1.54) is 4.48 Å². The first-order valence-electron chi connectivity index (χ1n) is 20.0. The second-order valence-electron chi connectivity index (χ2n) is 15.8. The van der Waals surface area contributed by atoms with Crippen molar-refractivity contribution in [2.45, 2.75) is 90.5 Å². The van der Waals surface area contributed by atoms with Gasteiger partial charge in [-0.15, -0.1) is 0 Å². The Balaban J connectivity index is 1.39. The fourth-order valence-corrected chi connectivity index (χ4v) is 7.67. The van der Waals surface area contributed by atoms with Crippen molar-refractivity contribution in [3.63, 3.8) is 0 Å². The van der Waals surface area contributed by atoms with Crippen molar-refractivity contribution >= 4 is 56.1 Å². The molecule has 0 saturated heterocycles. The number of hydrogen-bond acceptors (Lipinski definition) is 7. The Morgan fingerprint density at radius 3 is 2.24 bits per heavy atom. The lowest BCUT2D eigenvalue weighted by atomic mass is 9.88. The number of carbonyl (C=O) groups is 5. The summed E-state index contributed by atoms with van der Waals surface area (Å²) in [6.45, 7) is -0.227. The SMILES string of the molecule is CCCC1=CC(CCC(=O)NC(COP(=O)(O)O)C(=O)NCCCCC(=O)NCCN2C(=O)C=CC2=O)=[N+]2C1=Cc1c(CCC)cc(CCC[N+](C)(C)C)n1[B-]2(F)F. The molecule has 1 unspecified atom stereocenters. The number of carbonyl (C=O) groups excluding carboxylic acids is 5. The van der Waals surface area contributed by atoms with Crippen LogP contribution >= 0.6 is 7.82 Å². The van der Waals surface area contributed by atoms with Gasteiger partial charge in [-0.3, -0.25) is 33.4 Å². The molecule has 3 aliphatic heterocycles. The first kappa shape index (κ1) is 46.4. The van der Waals surface area contributed by atoms with Gasteiger partial charge in [-0.25, -0.2) is 4.57 Å². The first-order chi connectivity index (χ1) is 27.3. The molecule has 0 aromatic carbocycles. The van der Waals surface area contributed by atoms with Crippen LogP contribution < -0.4 is 16.0 Å². The molecule has 5 amide bonds. The van der Waals surface area contributed by atoms with Crippen LogP contribution in [-0.2, 0) is 45.9 Å². The van der Waals surface area contributed by atoms with Gasteiger partial charge in [-0.1, -0.05) is 26.7 Å². The molecule has 0 spiro atoms. The Kier molecular flexibility index (Phi) is 16.1. The van der Waals surface area contributed by atoms with E-state index in [9.17, 15) is 38.3 Å². The van der Waals surface area contributed by atoms with Crippen molar-refractivity contribution in [2.75, 3.05) is 53.9 Å². The lowest BCUT2D eigenvalue weighted by molar-refractivity contribution is -0.870. The summed E-state index contributed by atoms with van der Waals surface area (Å²) in [7, 11) is 1.16. The van der Waals surface area contributed by atoms with E-state index in [2.05, 4.69) is 41.6 Å². The molecule has 20 heteroatoms. The number of aromatic nitrogens is 1. The molecular formula is C38H58BF2N7O9P+. The number of quaternary nitrogens is 1. The van der Waals surface area contributed by atoms with Crippen molar-refractivity contribution in [3.8, 4) is 0 Å². The zero-order valence-corrected chi connectivity index (χ0v) is 35.0. The third-order valence-electron chi connectivity index (χ3n) is 10.0. The highest BCUT2D eigenvalue weighted by Crippen LogP contribution is 2.40. The summed E-state index contributed by atoms with van der Waals surface area (Å²) in [6, 6.07) is 0.394. The molecule has 0 fully saturated rings. The molecule has 320 valence electrons. The number of nitrogens with zero attached hydrogens (tertiary/aromatic N) is 4. The smallest absolute Gasteiger partial charge is 0.394 e. The summed E-state index contributed by atoms with van der Waals surface area (Å²) in [5.41, 5.74) is 3.39. The largest absolute Gasteiger partial charge is 0.737 e. The number of aryl methyl sites for hydroxylation is 2. The molecular weight excluding hydrogens is 778 g/mol. The number of fused-ring (bicyclic) bond motifs is 2. The molecule has 1 aromatic heterocycles. The van der Waals surface area contributed by atoms with Crippen molar-refractivity contribution in [1.82, 2.24) is 25.3 Å². The number of allylic oxidation sites excluding steroid dienone is 2. The van der Waals surface area contributed by atoms with E-state index < -0.39 is 51.1 Å². The zero-order chi connectivity index (χ0) is 42.8. The second kappa shape index (κ2) is 20.1. The summed E-state index contributed by atoms with van der Waals surface area (Å²) in [5.74, 6) is -2.74. The van der Waals surface area contributed by atoms with Crippen LogP contribution in [-0.4, -0.2) is 130 Å². The Morgan fingerprint density at radius 2 is 1.60 bits per heavy atom. The first-order valence-corrected chi connectivity index (χ1v) is 21.5. The maximum atomic E-state index is 17.0. The molecule has 4 rings (SSSR count). The maximum absolute atomic E-state index is 17.0. The topological polar surface area (TPSA) is 199 Å². The van der Waals surface area contributed by atoms with E-state index >= 15 is 8.63 Å². The number of hydrogen-bond donors (Lipinski definition) is 5. The summed E-state index contributed by atoms with van der Waals surface area (Å²) in [4.78, 5) is 81.3. The third kappa shape index (κ3) is 12.6. The minimum atomic E-state index is -5.03. The fourth-order valence-electron chi connectivity index (χ4n) is 7.33. The molecule has 0 bridgehead atoms. The van der Waals surface area contributed by atoms with Crippen LogP contribution in [0.3, 0.4) is 0 Å². The minimum Gasteiger partial charge on any atom is -0.394 e. The standard InChI is InChI=1S/C38H57BF2N7O9P/c1-6-11-27-23-29(13-10-22-48(3,4)5)46-32(27)25-33-28(12-7-2)24-30(47(33)39(46,40)41)15-16-35(50)44-31(26-57-58(54,55)56)38(53)43-19-9-8-14-34(49)42-20-21-45-36(51)17-18-37(45)52/h17-18,23-25,31H,6-16,19-22,26H2,1-5H3,(H4-,42,43,44,49,50,53,54,55,56)/p+1. The molecule has 1 atom stereocenters. The molecule has 4 heterocycles. The van der Waals surface area contributed by atoms with E-state index in [0.717, 1.165) is 58.5 Å². The van der Waals surface area contributed by atoms with Gasteiger partial charge in [0, 0.05) is 80.9 Å². The molecule has 0 radical (unpaired) electrons. The molecule has 0 aliphatic carbocycles. The number of halogens is 2. The second-order valence-corrected chi connectivity index (χ2v) is 17.1. The monoisotopic (exact) mass is 836 g/mol. The van der Waals surface area contributed by atoms with Crippen LogP contribution in [0.25, 0.3) is 6.08 Å². The van der Waals surface area contributed by atoms with Crippen LogP contribution in [0, 0.1) is 0 Å². The minimum absolute atomic E-state index is 0.0305. The van der Waals surface area contributed by atoms with Crippen LogP contribution in [0.15, 0.2) is 35.6 Å². The number of amides is 5. The predicted molar refractivity (Wildman–Crippen MR) is 214 cm³/mol. The Morgan fingerprint density at radius 1 is 0.914 bits per heavy atom. The lowest BCUT2D eigenvalue weighted by Crippen LogP contribution is -2.51. The maximum Gasteiger partial charge on any atom is 0.737 e. The number of imide groups is 1. The van der Waals surface area contributed by atoms with Gasteiger partial charge >= 0.3 is 14.8 Å². The average Bonchev–Trinajstić information content (AvgIpc) is 3.78. The van der Waals surface area contributed by atoms with Gasteiger partial charge < -0.3 is 47.8 Å². The van der Waals surface area contributed by atoms with Gasteiger partial charge in [0.2, 0.25) is 17.7 Å². The number of unbranched alkanes of at least 4 members (excludes halogenated alkanes) is 1. The molecule has 5 N–H and O–H groups in total. The number of nitrogens with one attached hydrogen (secondary N) is 3. The summed E-state index contributed by atoms with van der Waals surface area (Å²) in [6.07, 6.45) is 10.2. The summed E-state index contributed by atoms with van der Waals surface area (Å²) >= 11 is 0. The normalized spacial score (nSPS) is 16.6. The van der Waals surface area contributed by atoms with Gasteiger partial charge in [-0.2, -0.15) is 0 Å². The highest BCUT2D eigenvalue weighted by atomic mass is 31.2. The summed E-state index contributed by atoms with van der Waals surface area (Å²) < 4.78 is 52.9. The van der Waals surface area contributed by atoms with Gasteiger partial charge in [0.25, 0.3) is 11.8 Å². The lowest BCUT2D eigenvalue weighted by Gasteiger charge is -2.32. The molecule has 1 aromatic rings. The van der Waals surface area contributed by atoms with Crippen LogP contribution in [0.5, 0.6) is 0 Å². The number of phosphoric ester groups is 1. The van der Waals surface area contributed by atoms with Gasteiger partial charge in [0.1, 0.15) is 11.8 Å². The molecule has 58 heavy (non-hydrogen) atoms. The fraction of sp³-hybridized carbons (Fsp3) is 0.579. The van der Waals surface area contributed by atoms with Gasteiger partial charge in [0.15, 0.2) is 5.70 Å². The van der Waals surface area contributed by atoms with E-state index in [1.807, 2.05) is 26.0 Å². The Bertz CT molecular complexity index is 1900. The van der Waals surface area contributed by atoms with E-state index in [0.29, 0.717) is 53.7 Å². The van der Waals surface area contributed by atoms with Crippen LogP contribution in [0.1, 0.15) is 88.6 Å². The molecule has 3 aliphatic rings. The third-order valence-corrected chi connectivity index (χ3v) is 10.5. The highest BCUT2D eigenvalue weighted by Gasteiger charge is 2.54. The zero-order valence-electron chi connectivity index (χ0n) is 34.1. The highest BCUT2D eigenvalue weighted by molar-refractivity contribution is 7.46. The van der Waals surface area contributed by atoms with E-state index in [1.54, 1.807) is 6.08 Å². The molecule has 0 saturated carbocycles.